The van der Waals surface area contributed by atoms with E-state index in [9.17, 15) is 0 Å². The van der Waals surface area contributed by atoms with Crippen molar-refractivity contribution < 1.29 is 4.48 Å². The number of dihydropyridines is 1. The van der Waals surface area contributed by atoms with Crippen LogP contribution >= 0.6 is 0 Å². The van der Waals surface area contributed by atoms with Gasteiger partial charge in [0.2, 0.25) is 0 Å². The second-order valence-corrected chi connectivity index (χ2v) is 12.0. The third kappa shape index (κ3) is 6.51. The minimum absolute atomic E-state index is 0.238. The topological polar surface area (TPSA) is 28.1 Å². The van der Waals surface area contributed by atoms with E-state index in [1.165, 1.54) is 17.0 Å². The fourth-order valence-electron chi connectivity index (χ4n) is 6.21. The van der Waals surface area contributed by atoms with Gasteiger partial charge in [-0.3, -0.25) is 9.48 Å². The lowest BCUT2D eigenvalue weighted by Gasteiger charge is -2.31. The number of aromatic nitrogens is 1. The molecule has 43 heavy (non-hydrogen) atoms. The zero-order valence-corrected chi connectivity index (χ0v) is 26.3. The summed E-state index contributed by atoms with van der Waals surface area (Å²) >= 11 is 0. The molecule has 1 N–H and O–H groups in total. The normalized spacial score (nSPS) is 21.7. The van der Waals surface area contributed by atoms with Crippen LogP contribution in [-0.2, 0) is 0 Å². The van der Waals surface area contributed by atoms with Gasteiger partial charge < -0.3 is 4.98 Å². The Hall–Kier alpha value is -4.39. The molecular weight excluding hydrogens is 522 g/mol. The van der Waals surface area contributed by atoms with Gasteiger partial charge in [0, 0.05) is 40.4 Å². The molecule has 3 nitrogen and oxygen atoms in total. The van der Waals surface area contributed by atoms with Gasteiger partial charge in [0.15, 0.2) is 0 Å². The molecule has 0 saturated heterocycles. The molecule has 0 saturated carbocycles. The van der Waals surface area contributed by atoms with E-state index >= 15 is 0 Å². The fraction of sp³-hybridized carbons (Fsp3) is 0.275. The summed E-state index contributed by atoms with van der Waals surface area (Å²) in [4.78, 5) is 8.97. The molecular formula is C40H44N3+. The number of fused-ring (bicyclic) bond motifs is 5. The molecule has 0 amide bonds. The van der Waals surface area contributed by atoms with Crippen LogP contribution in [0.2, 0.25) is 0 Å². The van der Waals surface area contributed by atoms with Gasteiger partial charge in [-0.25, -0.2) is 0 Å². The van der Waals surface area contributed by atoms with E-state index in [-0.39, 0.29) is 5.92 Å². The average molecular weight is 567 g/mol. The second-order valence-electron chi connectivity index (χ2n) is 12.0. The third-order valence-electron chi connectivity index (χ3n) is 8.62. The Kier molecular flexibility index (Phi) is 9.29. The van der Waals surface area contributed by atoms with Crippen LogP contribution in [-0.4, -0.2) is 29.3 Å². The summed E-state index contributed by atoms with van der Waals surface area (Å²) in [5.41, 5.74) is 15.8. The van der Waals surface area contributed by atoms with Crippen LogP contribution in [0.3, 0.4) is 0 Å². The van der Waals surface area contributed by atoms with Gasteiger partial charge in [-0.15, -0.1) is 11.5 Å². The van der Waals surface area contributed by atoms with Crippen molar-refractivity contribution in [2.75, 3.05) is 14.1 Å². The molecule has 218 valence electrons. The molecule has 4 heterocycles. The predicted molar refractivity (Wildman–Crippen MR) is 183 cm³/mol. The van der Waals surface area contributed by atoms with Crippen molar-refractivity contribution in [3.8, 4) is 0 Å². The van der Waals surface area contributed by atoms with E-state index in [0.29, 0.717) is 10.4 Å². The van der Waals surface area contributed by atoms with Crippen molar-refractivity contribution in [3.63, 3.8) is 0 Å². The summed E-state index contributed by atoms with van der Waals surface area (Å²) < 4.78 is 0.626. The molecule has 6 bridgehead atoms. The molecule has 2 unspecified atom stereocenters. The monoisotopic (exact) mass is 566 g/mol. The summed E-state index contributed by atoms with van der Waals surface area (Å²) in [6, 6.07) is 4.36. The van der Waals surface area contributed by atoms with Gasteiger partial charge >= 0.3 is 0 Å². The van der Waals surface area contributed by atoms with E-state index < -0.39 is 0 Å². The number of hydrogen-bond acceptors (Lipinski definition) is 1. The number of H-pyrrole nitrogens is 1. The Bertz CT molecular complexity index is 1800. The minimum atomic E-state index is 0.238. The fourth-order valence-corrected chi connectivity index (χ4v) is 6.21. The summed E-state index contributed by atoms with van der Waals surface area (Å²) in [7, 11) is 4.51. The van der Waals surface area contributed by atoms with E-state index in [1.807, 2.05) is 18.2 Å². The van der Waals surface area contributed by atoms with Crippen LogP contribution in [0.15, 0.2) is 148 Å². The SMILES string of the molecule is C=C=C1C=CC(C)C=CC2=CC=C(C(C3=C=CC=CC=C3)=C3CC=CC(=N3)C=c3ccc([nH]3)=C1C(CC)CCC)[N+]2(C)C. The van der Waals surface area contributed by atoms with Crippen molar-refractivity contribution in [3.05, 3.63) is 154 Å². The van der Waals surface area contributed by atoms with Crippen molar-refractivity contribution in [1.29, 1.82) is 0 Å². The Morgan fingerprint density at radius 3 is 2.70 bits per heavy atom. The van der Waals surface area contributed by atoms with Gasteiger partial charge in [0.1, 0.15) is 11.4 Å². The van der Waals surface area contributed by atoms with Gasteiger partial charge in [-0.1, -0.05) is 76.3 Å². The highest BCUT2D eigenvalue weighted by Gasteiger charge is 2.35. The molecule has 0 spiro atoms. The quantitative estimate of drug-likeness (QED) is 0.277. The van der Waals surface area contributed by atoms with Gasteiger partial charge in [0.25, 0.3) is 0 Å². The number of hydrogen-bond donors (Lipinski definition) is 1. The molecule has 2 atom stereocenters. The highest BCUT2D eigenvalue weighted by atomic mass is 15.3. The van der Waals surface area contributed by atoms with E-state index in [0.717, 1.165) is 64.5 Å². The maximum Gasteiger partial charge on any atom is 0.148 e. The van der Waals surface area contributed by atoms with E-state index in [4.69, 9.17) is 4.99 Å². The molecule has 0 aromatic carbocycles. The van der Waals surface area contributed by atoms with Crippen LogP contribution in [0.4, 0.5) is 0 Å². The summed E-state index contributed by atoms with van der Waals surface area (Å²) in [6.45, 7) is 10.9. The van der Waals surface area contributed by atoms with Gasteiger partial charge in [-0.2, -0.15) is 0 Å². The Labute approximate surface area is 257 Å². The lowest BCUT2D eigenvalue weighted by Crippen LogP contribution is -2.36. The standard InChI is InChI=1S/C40H44N3/c1-7-15-30(8-2)39-31(9-3)22-20-29(4)21-24-35-25-27-38(43(35,5)6)40(32-16-12-10-11-13-17-32)36-19-14-18-33(41-36)28-34-23-26-37(39)42-34/h10-14,16,18,20-30,42H,3,7-8,15,19H2,1-2,4-6H3/q+1. The molecule has 5 rings (SSSR count). The number of rotatable bonds is 5. The number of likely N-dealkylation sites (N-methyl/N-ethyl adjacent to an activating group) is 1. The maximum absolute atomic E-state index is 5.26. The highest BCUT2D eigenvalue weighted by Crippen LogP contribution is 2.39. The van der Waals surface area contributed by atoms with E-state index in [2.05, 4.69) is 137 Å². The lowest BCUT2D eigenvalue weighted by atomic mass is 9.86. The second kappa shape index (κ2) is 13.3. The van der Waals surface area contributed by atoms with Crippen molar-refractivity contribution in [1.82, 2.24) is 4.98 Å². The van der Waals surface area contributed by atoms with Gasteiger partial charge in [0.05, 0.1) is 31.1 Å². The predicted octanol–water partition coefficient (Wildman–Crippen LogP) is 7.97. The molecule has 1 aliphatic carbocycles. The Morgan fingerprint density at radius 1 is 1.07 bits per heavy atom. The molecule has 3 heteroatoms. The van der Waals surface area contributed by atoms with Crippen molar-refractivity contribution >= 4 is 17.4 Å². The first kappa shape index (κ1) is 30.1. The van der Waals surface area contributed by atoms with Crippen LogP contribution in [0.1, 0.15) is 46.5 Å². The zero-order chi connectivity index (χ0) is 30.4. The Balaban J connectivity index is 1.77. The van der Waals surface area contributed by atoms with Crippen LogP contribution < -0.4 is 10.7 Å². The molecule has 4 aliphatic rings. The average Bonchev–Trinajstić information content (AvgIpc) is 3.45. The number of nitrogens with zero attached hydrogens (tertiary/aromatic N) is 2. The van der Waals surface area contributed by atoms with E-state index in [1.54, 1.807) is 0 Å². The van der Waals surface area contributed by atoms with Crippen molar-refractivity contribution in [2.45, 2.75) is 46.5 Å². The third-order valence-corrected chi connectivity index (χ3v) is 8.62. The highest BCUT2D eigenvalue weighted by molar-refractivity contribution is 6.18. The van der Waals surface area contributed by atoms with Crippen LogP contribution in [0, 0.1) is 11.8 Å². The van der Waals surface area contributed by atoms with Crippen molar-refractivity contribution in [2.24, 2.45) is 16.8 Å². The molecule has 1 aromatic rings. The lowest BCUT2D eigenvalue weighted by molar-refractivity contribution is -0.804. The molecule has 0 fully saturated rings. The minimum Gasteiger partial charge on any atom is -0.355 e. The number of aliphatic imine (C=N–C) groups is 1. The maximum atomic E-state index is 5.26. The molecule has 0 radical (unpaired) electrons. The largest absolute Gasteiger partial charge is 0.355 e. The first-order valence-corrected chi connectivity index (χ1v) is 15.6. The first-order chi connectivity index (χ1) is 20.8. The number of quaternary nitrogens is 1. The summed E-state index contributed by atoms with van der Waals surface area (Å²) in [5, 5.41) is 2.16. The summed E-state index contributed by atoms with van der Waals surface area (Å²) in [6.07, 6.45) is 34.4. The number of nitrogens with one attached hydrogen (secondary N) is 1. The zero-order valence-electron chi connectivity index (χ0n) is 26.3. The molecule has 1 aromatic heterocycles. The smallest absolute Gasteiger partial charge is 0.148 e. The summed E-state index contributed by atoms with van der Waals surface area (Å²) in [5.74, 6) is 0.655. The molecule has 3 aliphatic heterocycles. The van der Waals surface area contributed by atoms with Crippen LogP contribution in [0.25, 0.3) is 11.6 Å². The first-order valence-electron chi connectivity index (χ1n) is 15.6. The Morgan fingerprint density at radius 2 is 1.91 bits per heavy atom. The van der Waals surface area contributed by atoms with Crippen LogP contribution in [0.5, 0.6) is 0 Å². The van der Waals surface area contributed by atoms with Gasteiger partial charge in [-0.05, 0) is 72.8 Å². The number of allylic oxidation sites excluding steroid dienone is 14. The number of aromatic amines is 1.